The lowest BCUT2D eigenvalue weighted by atomic mass is 9.97. The molecule has 6 rings (SSSR count). The molecule has 2 aliphatic rings. The van der Waals surface area contributed by atoms with Gasteiger partial charge in [-0.25, -0.2) is 4.98 Å². The number of hydrogen-bond acceptors (Lipinski definition) is 5. The zero-order chi connectivity index (χ0) is 21.8. The number of anilines is 2. The number of nitrogens with zero attached hydrogens (tertiary/aromatic N) is 4. The topological polar surface area (TPSA) is 76.5 Å². The second kappa shape index (κ2) is 7.05. The van der Waals surface area contributed by atoms with E-state index in [1.165, 1.54) is 11.3 Å². The van der Waals surface area contributed by atoms with E-state index in [1.54, 1.807) is 4.57 Å². The Morgan fingerprint density at radius 2 is 1.81 bits per heavy atom. The molecule has 0 amide bonds. The van der Waals surface area contributed by atoms with E-state index >= 15 is 0 Å². The van der Waals surface area contributed by atoms with Gasteiger partial charge in [-0.05, 0) is 43.2 Å². The quantitative estimate of drug-likeness (QED) is 0.501. The van der Waals surface area contributed by atoms with Crippen molar-refractivity contribution in [1.82, 2.24) is 9.55 Å². The van der Waals surface area contributed by atoms with Gasteiger partial charge in [0.1, 0.15) is 12.0 Å². The maximum absolute atomic E-state index is 13.6. The van der Waals surface area contributed by atoms with Crippen molar-refractivity contribution in [2.75, 3.05) is 23.7 Å². The molecule has 0 fully saturated rings. The van der Waals surface area contributed by atoms with Crippen LogP contribution in [0.25, 0.3) is 10.9 Å². The lowest BCUT2D eigenvalue weighted by molar-refractivity contribution is 0.489. The van der Waals surface area contributed by atoms with Gasteiger partial charge in [-0.1, -0.05) is 42.5 Å². The molecule has 4 aromatic rings. The summed E-state index contributed by atoms with van der Waals surface area (Å²) in [5.74, 6) is 0.666. The Hall–Kier alpha value is -3.93. The van der Waals surface area contributed by atoms with E-state index in [9.17, 15) is 4.79 Å². The Balaban J connectivity index is 1.62. The Morgan fingerprint density at radius 3 is 2.66 bits per heavy atom. The molecule has 1 aromatic heterocycles. The predicted molar refractivity (Wildman–Crippen MR) is 129 cm³/mol. The average molecular weight is 422 g/mol. The smallest absolute Gasteiger partial charge is 0.263 e. The first-order valence-corrected chi connectivity index (χ1v) is 10.9. The molecule has 3 aromatic carbocycles. The largest absolute Gasteiger partial charge is 0.399 e. The molecule has 32 heavy (non-hydrogen) atoms. The van der Waals surface area contributed by atoms with Crippen LogP contribution in [0.1, 0.15) is 28.7 Å². The van der Waals surface area contributed by atoms with E-state index in [0.717, 1.165) is 35.5 Å². The van der Waals surface area contributed by atoms with Crippen molar-refractivity contribution < 1.29 is 0 Å². The molecular weight excluding hydrogens is 398 g/mol. The van der Waals surface area contributed by atoms with Gasteiger partial charge in [-0.2, -0.15) is 0 Å². The number of aromatic nitrogens is 2. The number of fused-ring (bicyclic) bond motifs is 1. The molecule has 0 bridgehead atoms. The molecule has 0 saturated heterocycles. The molecule has 6 nitrogen and oxygen atoms in total. The first kappa shape index (κ1) is 18.8. The molecule has 2 N–H and O–H groups in total. The van der Waals surface area contributed by atoms with Crippen molar-refractivity contribution in [3.63, 3.8) is 0 Å². The lowest BCUT2D eigenvalue weighted by Gasteiger charge is -2.24. The third kappa shape index (κ3) is 2.83. The summed E-state index contributed by atoms with van der Waals surface area (Å²) in [6, 6.07) is 21.7. The van der Waals surface area contributed by atoms with Gasteiger partial charge in [0.2, 0.25) is 0 Å². The van der Waals surface area contributed by atoms with Crippen LogP contribution in [0, 0.1) is 6.92 Å². The summed E-state index contributed by atoms with van der Waals surface area (Å²) in [4.78, 5) is 25.8. The fourth-order valence-corrected chi connectivity index (χ4v) is 5.04. The number of aryl methyl sites for hydroxylation is 1. The molecule has 6 heteroatoms. The molecular formula is C26H23N5O. The Bertz CT molecular complexity index is 1450. The third-order valence-electron chi connectivity index (χ3n) is 6.42. The van der Waals surface area contributed by atoms with Crippen molar-refractivity contribution in [3.05, 3.63) is 99.6 Å². The number of nitrogens with two attached hydrogens (primary N) is 1. The third-order valence-corrected chi connectivity index (χ3v) is 6.42. The highest BCUT2D eigenvalue weighted by atomic mass is 16.1. The van der Waals surface area contributed by atoms with Crippen LogP contribution in [0.4, 0.5) is 11.4 Å². The molecule has 2 aliphatic heterocycles. The Labute approximate surface area is 185 Å². The van der Waals surface area contributed by atoms with E-state index in [4.69, 9.17) is 15.7 Å². The SMILES string of the molecule is Cc1nc2ccccc2c(=O)n1C1CN2CCc3cc(N)cc(c32)C(c2ccccc2)=N1. The van der Waals surface area contributed by atoms with Gasteiger partial charge in [-0.15, -0.1) is 0 Å². The lowest BCUT2D eigenvalue weighted by Crippen LogP contribution is -2.35. The molecule has 3 heterocycles. The van der Waals surface area contributed by atoms with Crippen LogP contribution in [-0.4, -0.2) is 28.4 Å². The van der Waals surface area contributed by atoms with E-state index in [1.807, 2.05) is 55.5 Å². The normalized spacial score (nSPS) is 17.2. The Morgan fingerprint density at radius 1 is 1.03 bits per heavy atom. The zero-order valence-corrected chi connectivity index (χ0v) is 17.8. The summed E-state index contributed by atoms with van der Waals surface area (Å²) in [6.45, 7) is 3.38. The summed E-state index contributed by atoms with van der Waals surface area (Å²) in [5.41, 5.74) is 13.0. The molecule has 0 aliphatic carbocycles. The van der Waals surface area contributed by atoms with Crippen LogP contribution in [0.2, 0.25) is 0 Å². The second-order valence-electron chi connectivity index (χ2n) is 8.45. The number of hydrogen-bond donors (Lipinski definition) is 1. The van der Waals surface area contributed by atoms with Gasteiger partial charge >= 0.3 is 0 Å². The molecule has 0 saturated carbocycles. The summed E-state index contributed by atoms with van der Waals surface area (Å²) >= 11 is 0. The number of nitrogen functional groups attached to an aromatic ring is 1. The van der Waals surface area contributed by atoms with Crippen molar-refractivity contribution in [2.45, 2.75) is 19.5 Å². The van der Waals surface area contributed by atoms with Crippen molar-refractivity contribution >= 4 is 28.0 Å². The van der Waals surface area contributed by atoms with Crippen molar-refractivity contribution in [2.24, 2.45) is 4.99 Å². The highest BCUT2D eigenvalue weighted by Gasteiger charge is 2.32. The van der Waals surface area contributed by atoms with Crippen LogP contribution >= 0.6 is 0 Å². The van der Waals surface area contributed by atoms with Crippen molar-refractivity contribution in [3.8, 4) is 0 Å². The average Bonchev–Trinajstić information content (AvgIpc) is 3.11. The maximum Gasteiger partial charge on any atom is 0.263 e. The van der Waals surface area contributed by atoms with E-state index < -0.39 is 6.17 Å². The second-order valence-corrected chi connectivity index (χ2v) is 8.45. The molecule has 0 radical (unpaired) electrons. The van der Waals surface area contributed by atoms with E-state index in [-0.39, 0.29) is 5.56 Å². The molecule has 1 atom stereocenters. The highest BCUT2D eigenvalue weighted by molar-refractivity contribution is 6.17. The minimum absolute atomic E-state index is 0.0563. The Kier molecular flexibility index (Phi) is 4.15. The maximum atomic E-state index is 13.6. The van der Waals surface area contributed by atoms with Gasteiger partial charge in [0.15, 0.2) is 0 Å². The van der Waals surface area contributed by atoms with Gasteiger partial charge in [-0.3, -0.25) is 14.4 Å². The van der Waals surface area contributed by atoms with Crippen molar-refractivity contribution in [1.29, 1.82) is 0 Å². The van der Waals surface area contributed by atoms with Crippen LogP contribution in [-0.2, 0) is 6.42 Å². The van der Waals surface area contributed by atoms with Gasteiger partial charge in [0.05, 0.1) is 23.2 Å². The number of aliphatic imine (C=N–C) groups is 1. The zero-order valence-electron chi connectivity index (χ0n) is 17.8. The van der Waals surface area contributed by atoms with E-state index in [0.29, 0.717) is 23.3 Å². The molecule has 0 spiro atoms. The first-order chi connectivity index (χ1) is 15.6. The summed E-state index contributed by atoms with van der Waals surface area (Å²) in [5, 5.41) is 0.614. The fourth-order valence-electron chi connectivity index (χ4n) is 5.04. The van der Waals surface area contributed by atoms with Crippen LogP contribution in [0.3, 0.4) is 0 Å². The summed E-state index contributed by atoms with van der Waals surface area (Å²) in [7, 11) is 0. The van der Waals surface area contributed by atoms with E-state index in [2.05, 4.69) is 23.1 Å². The summed E-state index contributed by atoms with van der Waals surface area (Å²) in [6.07, 6.45) is 0.542. The van der Waals surface area contributed by atoms with Crippen LogP contribution < -0.4 is 16.2 Å². The van der Waals surface area contributed by atoms with Gasteiger partial charge in [0.25, 0.3) is 5.56 Å². The number of benzene rings is 3. The minimum Gasteiger partial charge on any atom is -0.399 e. The standard InChI is InChI=1S/C26H23N5O/c1-16-28-22-10-6-5-9-20(22)26(32)31(16)23-15-30-12-11-18-13-19(27)14-21(25(18)30)24(29-23)17-7-3-2-4-8-17/h2-10,13-14,23H,11-12,15,27H2,1H3. The first-order valence-electron chi connectivity index (χ1n) is 10.9. The minimum atomic E-state index is -0.394. The number of rotatable bonds is 2. The highest BCUT2D eigenvalue weighted by Crippen LogP contribution is 2.39. The number of para-hydroxylation sites is 1. The molecule has 158 valence electrons. The predicted octanol–water partition coefficient (Wildman–Crippen LogP) is 3.70. The molecule has 1 unspecified atom stereocenters. The summed E-state index contributed by atoms with van der Waals surface area (Å²) < 4.78 is 1.75. The fraction of sp³-hybridized carbons (Fsp3) is 0.192. The monoisotopic (exact) mass is 421 g/mol. The van der Waals surface area contributed by atoms with Gasteiger partial charge in [0, 0.05) is 29.0 Å². The van der Waals surface area contributed by atoms with Crippen LogP contribution in [0.15, 0.2) is 76.5 Å². The van der Waals surface area contributed by atoms with Crippen LogP contribution in [0.5, 0.6) is 0 Å². The van der Waals surface area contributed by atoms with Gasteiger partial charge < -0.3 is 10.6 Å².